The summed E-state index contributed by atoms with van der Waals surface area (Å²) in [6.45, 7) is 1.40. The molecular weight excluding hydrogens is 276 g/mol. The number of hydrogen-bond acceptors (Lipinski definition) is 3. The van der Waals surface area contributed by atoms with Crippen molar-refractivity contribution in [3.63, 3.8) is 0 Å². The second kappa shape index (κ2) is 7.72. The van der Waals surface area contributed by atoms with E-state index in [0.717, 1.165) is 17.7 Å². The van der Waals surface area contributed by atoms with Gasteiger partial charge in [-0.3, -0.25) is 4.79 Å². The average molecular weight is 295 g/mol. The summed E-state index contributed by atoms with van der Waals surface area (Å²) in [5.41, 5.74) is 1.82. The van der Waals surface area contributed by atoms with E-state index in [9.17, 15) is 4.79 Å². The standard InChI is InChI=1S/C15H18N2O2.ClH/c1-16-9-10-17(2)15(18)14-13(8-11-19-14)12-6-4-3-5-7-12;/h3-8,11,16H,9-10H2,1-2H3;1H. The molecule has 0 saturated carbocycles. The molecule has 4 nitrogen and oxygen atoms in total. The van der Waals surface area contributed by atoms with E-state index in [4.69, 9.17) is 4.42 Å². The average Bonchev–Trinajstić information content (AvgIpc) is 2.94. The molecule has 0 radical (unpaired) electrons. The van der Waals surface area contributed by atoms with E-state index < -0.39 is 0 Å². The third-order valence-electron chi connectivity index (χ3n) is 2.99. The van der Waals surface area contributed by atoms with Gasteiger partial charge in [0.15, 0.2) is 5.76 Å². The van der Waals surface area contributed by atoms with Gasteiger partial charge in [-0.15, -0.1) is 12.4 Å². The summed E-state index contributed by atoms with van der Waals surface area (Å²) in [7, 11) is 3.64. The molecule has 0 aliphatic heterocycles. The highest BCUT2D eigenvalue weighted by atomic mass is 35.5. The Hall–Kier alpha value is -1.78. The van der Waals surface area contributed by atoms with E-state index in [0.29, 0.717) is 12.3 Å². The first-order valence-corrected chi connectivity index (χ1v) is 6.27. The van der Waals surface area contributed by atoms with Crippen LogP contribution in [0.4, 0.5) is 0 Å². The molecule has 0 spiro atoms. The molecule has 1 aromatic carbocycles. The van der Waals surface area contributed by atoms with Gasteiger partial charge in [0.1, 0.15) is 0 Å². The van der Waals surface area contributed by atoms with Crippen LogP contribution < -0.4 is 5.32 Å². The lowest BCUT2D eigenvalue weighted by molar-refractivity contribution is 0.0766. The minimum Gasteiger partial charge on any atom is -0.459 e. The first-order chi connectivity index (χ1) is 9.24. The quantitative estimate of drug-likeness (QED) is 0.922. The summed E-state index contributed by atoms with van der Waals surface area (Å²) in [5.74, 6) is 0.295. The Kier molecular flexibility index (Phi) is 6.28. The van der Waals surface area contributed by atoms with Crippen LogP contribution in [0.1, 0.15) is 10.6 Å². The van der Waals surface area contributed by atoms with Gasteiger partial charge in [-0.1, -0.05) is 30.3 Å². The van der Waals surface area contributed by atoms with Gasteiger partial charge < -0.3 is 14.6 Å². The van der Waals surface area contributed by atoms with Gasteiger partial charge in [-0.05, 0) is 18.7 Å². The first-order valence-electron chi connectivity index (χ1n) is 6.27. The molecule has 5 heteroatoms. The van der Waals surface area contributed by atoms with Crippen LogP contribution in [0.2, 0.25) is 0 Å². The summed E-state index contributed by atoms with van der Waals surface area (Å²) in [6, 6.07) is 11.6. The number of benzene rings is 1. The van der Waals surface area contributed by atoms with Crippen LogP contribution in [0, 0.1) is 0 Å². The Morgan fingerprint density at radius 2 is 1.95 bits per heavy atom. The van der Waals surface area contributed by atoms with Crippen molar-refractivity contribution in [2.45, 2.75) is 0 Å². The predicted octanol–water partition coefficient (Wildman–Crippen LogP) is 2.66. The van der Waals surface area contributed by atoms with E-state index in [1.807, 2.05) is 43.4 Å². The van der Waals surface area contributed by atoms with Gasteiger partial charge in [0, 0.05) is 25.7 Å². The number of amides is 1. The summed E-state index contributed by atoms with van der Waals surface area (Å²) in [6.07, 6.45) is 1.56. The van der Waals surface area contributed by atoms with Crippen molar-refractivity contribution >= 4 is 18.3 Å². The molecule has 0 unspecified atom stereocenters. The van der Waals surface area contributed by atoms with Gasteiger partial charge in [-0.25, -0.2) is 0 Å². The Balaban J connectivity index is 0.00000200. The van der Waals surface area contributed by atoms with E-state index in [2.05, 4.69) is 5.32 Å². The van der Waals surface area contributed by atoms with Crippen LogP contribution in [0.25, 0.3) is 11.1 Å². The number of carbonyl (C=O) groups is 1. The molecule has 0 saturated heterocycles. The molecule has 20 heavy (non-hydrogen) atoms. The second-order valence-corrected chi connectivity index (χ2v) is 4.36. The minimum atomic E-state index is -0.0981. The number of rotatable bonds is 5. The fraction of sp³-hybridized carbons (Fsp3) is 0.267. The zero-order valence-electron chi connectivity index (χ0n) is 11.6. The van der Waals surface area contributed by atoms with Gasteiger partial charge in [0.2, 0.25) is 0 Å². The molecule has 0 fully saturated rings. The lowest BCUT2D eigenvalue weighted by Crippen LogP contribution is -2.32. The molecule has 0 atom stereocenters. The highest BCUT2D eigenvalue weighted by Crippen LogP contribution is 2.25. The number of carbonyl (C=O) groups excluding carboxylic acids is 1. The maximum absolute atomic E-state index is 12.3. The van der Waals surface area contributed by atoms with E-state index in [1.54, 1.807) is 18.2 Å². The normalized spacial score (nSPS) is 9.90. The largest absolute Gasteiger partial charge is 0.459 e. The van der Waals surface area contributed by atoms with Crippen LogP contribution >= 0.6 is 12.4 Å². The molecule has 2 aromatic rings. The van der Waals surface area contributed by atoms with Crippen LogP contribution in [0.3, 0.4) is 0 Å². The predicted molar refractivity (Wildman–Crippen MR) is 82.3 cm³/mol. The molecule has 1 N–H and O–H groups in total. The summed E-state index contributed by atoms with van der Waals surface area (Å²) < 4.78 is 5.37. The van der Waals surface area contributed by atoms with Gasteiger partial charge in [-0.2, -0.15) is 0 Å². The monoisotopic (exact) mass is 294 g/mol. The number of halogens is 1. The molecular formula is C15H19ClN2O2. The number of nitrogens with one attached hydrogen (secondary N) is 1. The maximum atomic E-state index is 12.3. The van der Waals surface area contributed by atoms with E-state index in [1.165, 1.54) is 0 Å². The smallest absolute Gasteiger partial charge is 0.289 e. The van der Waals surface area contributed by atoms with E-state index in [-0.39, 0.29) is 18.3 Å². The highest BCUT2D eigenvalue weighted by molar-refractivity contribution is 5.98. The molecule has 1 amide bonds. The maximum Gasteiger partial charge on any atom is 0.289 e. The molecule has 0 aliphatic carbocycles. The number of likely N-dealkylation sites (N-methyl/N-ethyl adjacent to an activating group) is 2. The van der Waals surface area contributed by atoms with Crippen LogP contribution in [-0.2, 0) is 0 Å². The fourth-order valence-corrected chi connectivity index (χ4v) is 1.87. The lowest BCUT2D eigenvalue weighted by atomic mass is 10.1. The zero-order valence-corrected chi connectivity index (χ0v) is 12.4. The molecule has 1 heterocycles. The van der Waals surface area contributed by atoms with Crippen molar-refractivity contribution < 1.29 is 9.21 Å². The molecule has 2 rings (SSSR count). The van der Waals surface area contributed by atoms with Gasteiger partial charge >= 0.3 is 0 Å². The number of hydrogen-bond donors (Lipinski definition) is 1. The van der Waals surface area contributed by atoms with Crippen molar-refractivity contribution in [2.75, 3.05) is 27.2 Å². The highest BCUT2D eigenvalue weighted by Gasteiger charge is 2.19. The fourth-order valence-electron chi connectivity index (χ4n) is 1.87. The third kappa shape index (κ3) is 3.62. The summed E-state index contributed by atoms with van der Waals surface area (Å²) >= 11 is 0. The lowest BCUT2D eigenvalue weighted by Gasteiger charge is -2.16. The SMILES string of the molecule is CNCCN(C)C(=O)c1occc1-c1ccccc1.Cl. The van der Waals surface area contributed by atoms with Crippen molar-refractivity contribution in [3.05, 3.63) is 48.4 Å². The Morgan fingerprint density at radius 3 is 2.60 bits per heavy atom. The van der Waals surface area contributed by atoms with E-state index >= 15 is 0 Å². The topological polar surface area (TPSA) is 45.5 Å². The van der Waals surface area contributed by atoms with Crippen molar-refractivity contribution in [1.82, 2.24) is 10.2 Å². The van der Waals surface area contributed by atoms with Crippen molar-refractivity contribution in [1.29, 1.82) is 0 Å². The molecule has 0 bridgehead atoms. The number of furan rings is 1. The van der Waals surface area contributed by atoms with Crippen molar-refractivity contribution in [3.8, 4) is 11.1 Å². The first kappa shape index (κ1) is 16.3. The zero-order chi connectivity index (χ0) is 13.7. The Morgan fingerprint density at radius 1 is 1.25 bits per heavy atom. The third-order valence-corrected chi connectivity index (χ3v) is 2.99. The van der Waals surface area contributed by atoms with Crippen LogP contribution in [0.15, 0.2) is 47.1 Å². The second-order valence-electron chi connectivity index (χ2n) is 4.36. The molecule has 0 aliphatic rings. The summed E-state index contributed by atoms with van der Waals surface area (Å²) in [5, 5.41) is 3.02. The molecule has 108 valence electrons. The van der Waals surface area contributed by atoms with Crippen LogP contribution in [-0.4, -0.2) is 38.0 Å². The Bertz CT molecular complexity index is 540. The van der Waals surface area contributed by atoms with Gasteiger partial charge in [0.05, 0.1) is 6.26 Å². The summed E-state index contributed by atoms with van der Waals surface area (Å²) in [4.78, 5) is 14.0. The van der Waals surface area contributed by atoms with Crippen molar-refractivity contribution in [2.24, 2.45) is 0 Å². The van der Waals surface area contributed by atoms with Gasteiger partial charge in [0.25, 0.3) is 5.91 Å². The van der Waals surface area contributed by atoms with Crippen LogP contribution in [0.5, 0.6) is 0 Å². The number of nitrogens with zero attached hydrogens (tertiary/aromatic N) is 1. The minimum absolute atomic E-state index is 0. The molecule has 1 aromatic heterocycles. The Labute approximate surface area is 125 Å².